The van der Waals surface area contributed by atoms with E-state index < -0.39 is 42.5 Å². The molecule has 0 fully saturated rings. The number of halogens is 6. The molecular formula is C44H43F6N3O5S2. The normalized spacial score (nSPS) is 13.4. The van der Waals surface area contributed by atoms with Crippen molar-refractivity contribution < 1.29 is 47.6 Å². The largest absolute Gasteiger partial charge is 0.456 e. The molecule has 0 N–H and O–H groups in total. The summed E-state index contributed by atoms with van der Waals surface area (Å²) in [4.78, 5) is 1.15. The maximum Gasteiger partial charge on any atom is 0.412 e. The van der Waals surface area contributed by atoms with Gasteiger partial charge in [-0.2, -0.15) is 30.9 Å². The van der Waals surface area contributed by atoms with Crippen LogP contribution in [0.4, 0.5) is 43.4 Å². The van der Waals surface area contributed by atoms with E-state index in [2.05, 4.69) is 37.9 Å². The first-order valence-electron chi connectivity index (χ1n) is 18.9. The van der Waals surface area contributed by atoms with E-state index in [9.17, 15) is 43.2 Å². The van der Waals surface area contributed by atoms with Gasteiger partial charge in [0.2, 0.25) is 16.3 Å². The van der Waals surface area contributed by atoms with Crippen LogP contribution in [0.2, 0.25) is 0 Å². The summed E-state index contributed by atoms with van der Waals surface area (Å²) >= 11 is 0. The van der Waals surface area contributed by atoms with E-state index in [1.165, 1.54) is 12.1 Å². The second-order valence-corrected chi connectivity index (χ2v) is 18.3. The molecular weight excluding hydrogens is 829 g/mol. The Morgan fingerprint density at radius 1 is 0.700 bits per heavy atom. The van der Waals surface area contributed by atoms with Gasteiger partial charge in [-0.15, -0.1) is 0 Å². The average molecular weight is 872 g/mol. The number of fused-ring (bicyclic) bond motifs is 2. The number of sulfonamides is 2. The third-order valence-corrected chi connectivity index (χ3v) is 13.9. The fourth-order valence-corrected chi connectivity index (χ4v) is 11.4. The molecule has 1 aliphatic carbocycles. The Kier molecular flexibility index (Phi) is 11.8. The van der Waals surface area contributed by atoms with Crippen molar-refractivity contribution in [3.63, 3.8) is 0 Å². The lowest BCUT2D eigenvalue weighted by Gasteiger charge is -2.30. The monoisotopic (exact) mass is 871 g/mol. The summed E-state index contributed by atoms with van der Waals surface area (Å²) in [5, 5.41) is -4.05. The van der Waals surface area contributed by atoms with Crippen LogP contribution in [0.25, 0.3) is 37.5 Å². The van der Waals surface area contributed by atoms with Gasteiger partial charge in [-0.05, 0) is 103 Å². The smallest absolute Gasteiger partial charge is 0.412 e. The highest BCUT2D eigenvalue weighted by Crippen LogP contribution is 2.46. The summed E-state index contributed by atoms with van der Waals surface area (Å²) < 4.78 is 146. The summed E-state index contributed by atoms with van der Waals surface area (Å²) in [6.45, 7) is 17.0. The summed E-state index contributed by atoms with van der Waals surface area (Å²) in [6, 6.07) is 23.5. The first-order chi connectivity index (χ1) is 27.9. The molecule has 0 saturated heterocycles. The van der Waals surface area contributed by atoms with Crippen LogP contribution in [0.15, 0.2) is 94.2 Å². The molecule has 1 aliphatic heterocycles. The minimum Gasteiger partial charge on any atom is -0.456 e. The molecule has 0 bridgehead atoms. The quantitative estimate of drug-likeness (QED) is 0.0772. The zero-order chi connectivity index (χ0) is 44.3. The van der Waals surface area contributed by atoms with Crippen LogP contribution in [0.3, 0.4) is 0 Å². The molecule has 4 aromatic carbocycles. The lowest BCUT2D eigenvalue weighted by atomic mass is 9.93. The molecule has 0 spiro atoms. The predicted molar refractivity (Wildman–Crippen MR) is 223 cm³/mol. The van der Waals surface area contributed by atoms with Crippen LogP contribution in [-0.2, 0) is 20.0 Å². The van der Waals surface area contributed by atoms with Crippen molar-refractivity contribution in [2.75, 3.05) is 18.0 Å². The molecule has 60 heavy (non-hydrogen) atoms. The number of rotatable bonds is 10. The number of hydrogen-bond donors (Lipinski definition) is 0. The first-order valence-corrected chi connectivity index (χ1v) is 21.8. The van der Waals surface area contributed by atoms with E-state index in [-0.39, 0.29) is 22.5 Å². The van der Waals surface area contributed by atoms with Crippen molar-refractivity contribution in [3.05, 3.63) is 128 Å². The summed E-state index contributed by atoms with van der Waals surface area (Å²) in [5.41, 5.74) is 9.39. The van der Waals surface area contributed by atoms with E-state index in [0.717, 1.165) is 56.9 Å². The molecule has 16 heteroatoms. The molecule has 0 saturated carbocycles. The van der Waals surface area contributed by atoms with Gasteiger partial charge in [-0.25, -0.2) is 16.8 Å². The Morgan fingerprint density at radius 3 is 1.82 bits per heavy atom. The number of benzene rings is 5. The highest BCUT2D eigenvalue weighted by molar-refractivity contribution is 8.12. The van der Waals surface area contributed by atoms with Gasteiger partial charge in [0.15, 0.2) is 0 Å². The maximum absolute atomic E-state index is 13.8. The molecule has 4 aromatic rings. The second kappa shape index (κ2) is 16.0. The molecule has 318 valence electrons. The van der Waals surface area contributed by atoms with Crippen LogP contribution >= 0.6 is 0 Å². The number of nitrogens with zero attached hydrogens (tertiary/aromatic N) is 3. The lowest BCUT2D eigenvalue weighted by Crippen LogP contribution is -2.47. The van der Waals surface area contributed by atoms with Crippen LogP contribution in [0.1, 0.15) is 47.2 Å². The second-order valence-electron chi connectivity index (χ2n) is 14.8. The minimum absolute atomic E-state index is 0.163. The molecule has 6 rings (SSSR count). The van der Waals surface area contributed by atoms with Crippen LogP contribution < -0.4 is 14.8 Å². The Bertz CT molecular complexity index is 2860. The number of aryl methyl sites for hydroxylation is 6. The van der Waals surface area contributed by atoms with Gasteiger partial charge in [-0.3, -0.25) is 0 Å². The van der Waals surface area contributed by atoms with E-state index in [4.69, 9.17) is 4.42 Å². The summed E-state index contributed by atoms with van der Waals surface area (Å²) in [7, 11) is -12.5. The Morgan fingerprint density at radius 2 is 1.27 bits per heavy atom. The van der Waals surface area contributed by atoms with Gasteiger partial charge in [-0.1, -0.05) is 41.5 Å². The highest BCUT2D eigenvalue weighted by atomic mass is 32.3. The van der Waals surface area contributed by atoms with Gasteiger partial charge < -0.3 is 13.4 Å². The van der Waals surface area contributed by atoms with Gasteiger partial charge in [0.05, 0.1) is 11.0 Å². The molecule has 0 unspecified atom stereocenters. The highest BCUT2D eigenvalue weighted by Gasteiger charge is 2.61. The van der Waals surface area contributed by atoms with Crippen molar-refractivity contribution in [2.45, 2.75) is 77.9 Å². The number of anilines is 2. The molecule has 0 atom stereocenters. The molecule has 2 aliphatic rings. The third-order valence-electron chi connectivity index (χ3n) is 10.3. The predicted octanol–water partition coefficient (Wildman–Crippen LogP) is 11.2. The van der Waals surface area contributed by atoms with E-state index in [1.54, 1.807) is 36.4 Å². The van der Waals surface area contributed by atoms with E-state index in [0.29, 0.717) is 35.1 Å². The third kappa shape index (κ3) is 8.41. The van der Waals surface area contributed by atoms with Crippen molar-refractivity contribution in [2.24, 2.45) is 0 Å². The zero-order valence-electron chi connectivity index (χ0n) is 34.0. The fourth-order valence-electron chi connectivity index (χ4n) is 8.27. The summed E-state index contributed by atoms with van der Waals surface area (Å²) in [6.07, 6.45) is -12.8. The van der Waals surface area contributed by atoms with Gasteiger partial charge in [0.25, 0.3) is 0 Å². The Balaban J connectivity index is 1.67. The molecule has 8 nitrogen and oxygen atoms in total. The number of hydrogen-bond acceptors (Lipinski definition) is 6. The molecule has 0 amide bonds. The SMILES string of the molecule is CCN(c1ccc2c(-c3ccccc3S(=O)(=O)[N-]S(=O)(=O)C(C(F)(F)F)C(F)(F)F)c3ccc(=[N+](CC)c4c(C)cc(C)cc4C)cc-3oc2c1)c1c(C)cc(C)cc1C. The first kappa shape index (κ1) is 44.4. The van der Waals surface area contributed by atoms with E-state index >= 15 is 0 Å². The number of alkyl halides is 6. The van der Waals surface area contributed by atoms with E-state index in [1.807, 2.05) is 55.4 Å². The molecule has 0 radical (unpaired) electrons. The lowest BCUT2D eigenvalue weighted by molar-refractivity contribution is -0.225. The summed E-state index contributed by atoms with van der Waals surface area (Å²) in [5.74, 6) is 0.254. The average Bonchev–Trinajstić information content (AvgIpc) is 3.11. The fraction of sp³-hybridized carbons (Fsp3) is 0.295. The topological polar surface area (TPSA) is 102 Å². The van der Waals surface area contributed by atoms with Crippen molar-refractivity contribution >= 4 is 48.1 Å². The van der Waals surface area contributed by atoms with Crippen molar-refractivity contribution in [3.8, 4) is 22.5 Å². The van der Waals surface area contributed by atoms with Crippen LogP contribution in [-0.4, -0.2) is 47.5 Å². The Labute approximate surface area is 345 Å². The molecule has 1 heterocycles. The maximum atomic E-state index is 13.8. The zero-order valence-corrected chi connectivity index (χ0v) is 35.7. The van der Waals surface area contributed by atoms with Crippen molar-refractivity contribution in [1.29, 1.82) is 0 Å². The van der Waals surface area contributed by atoms with Crippen LogP contribution in [0.5, 0.6) is 0 Å². The van der Waals surface area contributed by atoms with Gasteiger partial charge in [0.1, 0.15) is 37.9 Å². The van der Waals surface area contributed by atoms with Crippen molar-refractivity contribution in [1.82, 2.24) is 4.58 Å². The molecule has 0 aromatic heterocycles. The van der Waals surface area contributed by atoms with Gasteiger partial charge >= 0.3 is 12.4 Å². The Hall–Kier alpha value is -5.19. The standard InChI is InChI=1S/C44H43F6N3O5S2/c1-9-52(40-27(5)19-25(3)20-28(40)6)31-15-17-33-36(23-31)58-37-24-32(53(10-2)41-29(7)21-26(4)22-30(41)8)16-18-34(37)39(33)35-13-11-12-14-38(35)59(54,55)51-60(56,57)42(43(45,46)47)44(48,49)50/h11-24,42H,9-10H2,1-8H3. The van der Waals surface area contributed by atoms with Gasteiger partial charge in [0, 0.05) is 63.3 Å². The minimum atomic E-state index is -6.78. The van der Waals surface area contributed by atoms with Crippen LogP contribution in [0, 0.1) is 41.5 Å².